The van der Waals surface area contributed by atoms with Crippen LogP contribution in [0.3, 0.4) is 0 Å². The van der Waals surface area contributed by atoms with Crippen molar-refractivity contribution in [1.29, 1.82) is 0 Å². The molecule has 0 radical (unpaired) electrons. The van der Waals surface area contributed by atoms with E-state index in [0.717, 1.165) is 19.3 Å². The lowest BCUT2D eigenvalue weighted by Gasteiger charge is -2.55. The average Bonchev–Trinajstić information content (AvgIpc) is 2.68. The summed E-state index contributed by atoms with van der Waals surface area (Å²) in [6.45, 7) is 0. The zero-order valence-corrected chi connectivity index (χ0v) is 17.1. The van der Waals surface area contributed by atoms with Crippen LogP contribution in [-0.2, 0) is 14.8 Å². The predicted octanol–water partition coefficient (Wildman–Crippen LogP) is 4.64. The number of amides is 1. The number of carbonyl (C=O) groups excluding carboxylic acids is 1. The Kier molecular flexibility index (Phi) is 4.42. The molecule has 1 amide bonds. The van der Waals surface area contributed by atoms with E-state index in [1.807, 2.05) is 6.07 Å². The van der Waals surface area contributed by atoms with Gasteiger partial charge >= 0.3 is 0 Å². The molecular formula is C23H26N2O3S. The van der Waals surface area contributed by atoms with Gasteiger partial charge in [0.1, 0.15) is 0 Å². The van der Waals surface area contributed by atoms with Crippen molar-refractivity contribution in [3.8, 4) is 0 Å². The minimum atomic E-state index is -3.66. The number of sulfonamides is 1. The standard InChI is InChI=1S/C23H26N2O3S/c26-22(23-13-16-10-17(14-23)12-18(11-16)15-23)24-19-6-8-21(9-7-19)29(27,28)25-20-4-2-1-3-5-20/h1-9,16-18,25H,10-15H2,(H,24,26). The highest BCUT2D eigenvalue weighted by Crippen LogP contribution is 2.60. The predicted molar refractivity (Wildman–Crippen MR) is 113 cm³/mol. The fraction of sp³-hybridized carbons (Fsp3) is 0.435. The third-order valence-electron chi connectivity index (χ3n) is 6.97. The third kappa shape index (κ3) is 3.54. The topological polar surface area (TPSA) is 75.3 Å². The molecule has 4 aliphatic rings. The Balaban J connectivity index is 1.29. The molecule has 29 heavy (non-hydrogen) atoms. The lowest BCUT2D eigenvalue weighted by molar-refractivity contribution is -0.140. The van der Waals surface area contributed by atoms with Crippen LogP contribution in [0.25, 0.3) is 0 Å². The van der Waals surface area contributed by atoms with Crippen LogP contribution in [0, 0.1) is 23.2 Å². The summed E-state index contributed by atoms with van der Waals surface area (Å²) in [5.74, 6) is 2.25. The summed E-state index contributed by atoms with van der Waals surface area (Å²) in [6.07, 6.45) is 6.93. The molecule has 0 aromatic heterocycles. The fourth-order valence-electron chi connectivity index (χ4n) is 6.09. The van der Waals surface area contributed by atoms with Crippen molar-refractivity contribution in [3.63, 3.8) is 0 Å². The maximum absolute atomic E-state index is 13.1. The smallest absolute Gasteiger partial charge is 0.261 e. The first kappa shape index (κ1) is 18.7. The first-order valence-electron chi connectivity index (χ1n) is 10.4. The Bertz CT molecular complexity index is 981. The summed E-state index contributed by atoms with van der Waals surface area (Å²) in [7, 11) is -3.66. The van der Waals surface area contributed by atoms with Crippen LogP contribution in [0.15, 0.2) is 59.5 Å². The first-order valence-corrected chi connectivity index (χ1v) is 11.9. The van der Waals surface area contributed by atoms with Gasteiger partial charge in [-0.15, -0.1) is 0 Å². The summed E-state index contributed by atoms with van der Waals surface area (Å²) < 4.78 is 27.7. The van der Waals surface area contributed by atoms with Crippen LogP contribution in [0.1, 0.15) is 38.5 Å². The first-order chi connectivity index (χ1) is 13.9. The molecule has 2 N–H and O–H groups in total. The van der Waals surface area contributed by atoms with E-state index in [9.17, 15) is 13.2 Å². The van der Waals surface area contributed by atoms with E-state index in [2.05, 4.69) is 10.0 Å². The van der Waals surface area contributed by atoms with Crippen LogP contribution in [0.2, 0.25) is 0 Å². The number of hydrogen-bond donors (Lipinski definition) is 2. The molecule has 4 fully saturated rings. The van der Waals surface area contributed by atoms with E-state index in [4.69, 9.17) is 0 Å². The largest absolute Gasteiger partial charge is 0.326 e. The fourth-order valence-corrected chi connectivity index (χ4v) is 7.15. The van der Waals surface area contributed by atoms with Gasteiger partial charge < -0.3 is 5.32 Å². The molecule has 4 aliphatic carbocycles. The molecule has 0 unspecified atom stereocenters. The molecule has 2 aromatic rings. The minimum Gasteiger partial charge on any atom is -0.326 e. The second-order valence-corrected chi connectivity index (χ2v) is 10.8. The van der Waals surface area contributed by atoms with Gasteiger partial charge in [-0.1, -0.05) is 18.2 Å². The van der Waals surface area contributed by atoms with E-state index in [0.29, 0.717) is 29.1 Å². The summed E-state index contributed by atoms with van der Waals surface area (Å²) in [4.78, 5) is 13.3. The Morgan fingerprint density at radius 3 is 1.90 bits per heavy atom. The van der Waals surface area contributed by atoms with Gasteiger partial charge in [-0.25, -0.2) is 8.42 Å². The van der Waals surface area contributed by atoms with Gasteiger partial charge in [-0.05, 0) is 92.7 Å². The van der Waals surface area contributed by atoms with Crippen LogP contribution >= 0.6 is 0 Å². The van der Waals surface area contributed by atoms with Crippen LogP contribution in [0.5, 0.6) is 0 Å². The summed E-state index contributed by atoms with van der Waals surface area (Å²) in [5, 5.41) is 3.07. The quantitative estimate of drug-likeness (QED) is 0.754. The van der Waals surface area contributed by atoms with Gasteiger partial charge in [0.05, 0.1) is 10.3 Å². The highest BCUT2D eigenvalue weighted by molar-refractivity contribution is 7.92. The van der Waals surface area contributed by atoms with Gasteiger partial charge in [0, 0.05) is 11.4 Å². The molecule has 152 valence electrons. The highest BCUT2D eigenvalue weighted by atomic mass is 32.2. The Hall–Kier alpha value is -2.34. The maximum atomic E-state index is 13.1. The van der Waals surface area contributed by atoms with Crippen molar-refractivity contribution < 1.29 is 13.2 Å². The van der Waals surface area contributed by atoms with E-state index in [-0.39, 0.29) is 16.2 Å². The molecule has 0 aliphatic heterocycles. The second kappa shape index (κ2) is 6.87. The van der Waals surface area contributed by atoms with Crippen molar-refractivity contribution in [3.05, 3.63) is 54.6 Å². The van der Waals surface area contributed by atoms with Crippen molar-refractivity contribution in [2.24, 2.45) is 23.2 Å². The van der Waals surface area contributed by atoms with E-state index in [1.165, 1.54) is 19.3 Å². The van der Waals surface area contributed by atoms with Crippen LogP contribution in [0.4, 0.5) is 11.4 Å². The number of carbonyl (C=O) groups is 1. The van der Waals surface area contributed by atoms with Gasteiger partial charge in [-0.2, -0.15) is 0 Å². The molecule has 0 spiro atoms. The van der Waals surface area contributed by atoms with Gasteiger partial charge in [-0.3, -0.25) is 9.52 Å². The average molecular weight is 411 g/mol. The molecule has 4 bridgehead atoms. The Morgan fingerprint density at radius 2 is 1.34 bits per heavy atom. The summed E-state index contributed by atoms with van der Waals surface area (Å²) in [5.41, 5.74) is 0.963. The van der Waals surface area contributed by atoms with Crippen LogP contribution < -0.4 is 10.0 Å². The number of rotatable bonds is 5. The molecule has 0 atom stereocenters. The second-order valence-electron chi connectivity index (χ2n) is 9.15. The minimum absolute atomic E-state index is 0.120. The number of anilines is 2. The van der Waals surface area contributed by atoms with Crippen molar-refractivity contribution >= 4 is 27.3 Å². The molecule has 2 aromatic carbocycles. The van der Waals surface area contributed by atoms with Crippen molar-refractivity contribution in [2.75, 3.05) is 10.0 Å². The zero-order valence-electron chi connectivity index (χ0n) is 16.3. The van der Waals surface area contributed by atoms with Gasteiger partial charge in [0.15, 0.2) is 0 Å². The number of nitrogens with one attached hydrogen (secondary N) is 2. The molecule has 5 nitrogen and oxygen atoms in total. The molecule has 6 rings (SSSR count). The van der Waals surface area contributed by atoms with Gasteiger partial charge in [0.2, 0.25) is 5.91 Å². The molecular weight excluding hydrogens is 384 g/mol. The SMILES string of the molecule is O=C(Nc1ccc(S(=O)(=O)Nc2ccccc2)cc1)C12CC3CC(CC(C3)C1)C2. The third-order valence-corrected chi connectivity index (χ3v) is 8.37. The lowest BCUT2D eigenvalue weighted by Crippen LogP contribution is -2.51. The molecule has 6 heteroatoms. The van der Waals surface area contributed by atoms with E-state index in [1.54, 1.807) is 48.5 Å². The number of benzene rings is 2. The normalized spacial score (nSPS) is 30.1. The Labute approximate surface area is 172 Å². The highest BCUT2D eigenvalue weighted by Gasteiger charge is 2.54. The Morgan fingerprint density at radius 1 is 0.793 bits per heavy atom. The van der Waals surface area contributed by atoms with E-state index < -0.39 is 10.0 Å². The number of hydrogen-bond acceptors (Lipinski definition) is 3. The summed E-state index contributed by atoms with van der Waals surface area (Å²) in [6, 6.07) is 15.2. The van der Waals surface area contributed by atoms with E-state index >= 15 is 0 Å². The van der Waals surface area contributed by atoms with Crippen molar-refractivity contribution in [1.82, 2.24) is 0 Å². The summed E-state index contributed by atoms with van der Waals surface area (Å²) >= 11 is 0. The number of para-hydroxylation sites is 1. The van der Waals surface area contributed by atoms with Crippen molar-refractivity contribution in [2.45, 2.75) is 43.4 Å². The maximum Gasteiger partial charge on any atom is 0.261 e. The van der Waals surface area contributed by atoms with Gasteiger partial charge in [0.25, 0.3) is 10.0 Å². The molecule has 0 heterocycles. The lowest BCUT2D eigenvalue weighted by atomic mass is 9.49. The zero-order chi connectivity index (χ0) is 20.1. The monoisotopic (exact) mass is 410 g/mol. The molecule has 0 saturated heterocycles. The molecule has 4 saturated carbocycles. The van der Waals surface area contributed by atoms with Crippen LogP contribution in [-0.4, -0.2) is 14.3 Å².